The normalized spacial score (nSPS) is 11.7. The molecule has 11 aromatic rings. The van der Waals surface area contributed by atoms with Crippen molar-refractivity contribution in [3.63, 3.8) is 0 Å². The third-order valence-corrected chi connectivity index (χ3v) is 11.1. The number of hydrogen-bond acceptors (Lipinski definition) is 0. The molecule has 0 saturated carbocycles. The van der Waals surface area contributed by atoms with E-state index in [0.717, 1.165) is 11.4 Å². The molecule has 252 valence electrons. The molecule has 0 unspecified atom stereocenters. The number of nitrogens with zero attached hydrogens (tertiary/aromatic N) is 2. The van der Waals surface area contributed by atoms with Crippen LogP contribution < -0.4 is 0 Å². The van der Waals surface area contributed by atoms with Crippen LogP contribution in [0.25, 0.3) is 99.1 Å². The highest BCUT2D eigenvalue weighted by molar-refractivity contribution is 6.17. The predicted octanol–water partition coefficient (Wildman–Crippen LogP) is 14.0. The van der Waals surface area contributed by atoms with Gasteiger partial charge in [0.05, 0.1) is 22.1 Å². The van der Waals surface area contributed by atoms with Crippen molar-refractivity contribution in [2.45, 2.75) is 0 Å². The van der Waals surface area contributed by atoms with Crippen LogP contribution in [0, 0.1) is 0 Å². The van der Waals surface area contributed by atoms with Crippen LogP contribution in [0.2, 0.25) is 0 Å². The average molecular weight is 687 g/mol. The van der Waals surface area contributed by atoms with Crippen LogP contribution in [-0.2, 0) is 0 Å². The van der Waals surface area contributed by atoms with E-state index in [-0.39, 0.29) is 0 Å². The minimum atomic E-state index is 1.15. The Balaban J connectivity index is 1.06. The first-order chi connectivity index (χ1) is 26.8. The Morgan fingerprint density at radius 3 is 1.59 bits per heavy atom. The zero-order chi connectivity index (χ0) is 35.6. The highest BCUT2D eigenvalue weighted by atomic mass is 15.0. The van der Waals surface area contributed by atoms with Crippen LogP contribution in [0.15, 0.2) is 206 Å². The Morgan fingerprint density at radius 2 is 0.796 bits per heavy atom. The predicted molar refractivity (Wildman–Crippen MR) is 229 cm³/mol. The lowest BCUT2D eigenvalue weighted by molar-refractivity contribution is 1.18. The van der Waals surface area contributed by atoms with Crippen LogP contribution in [0.1, 0.15) is 0 Å². The summed E-state index contributed by atoms with van der Waals surface area (Å²) in [5, 5.41) is 7.54. The molecule has 0 saturated heterocycles. The maximum absolute atomic E-state index is 2.41. The Kier molecular flexibility index (Phi) is 6.90. The van der Waals surface area contributed by atoms with Crippen molar-refractivity contribution < 1.29 is 0 Å². The molecule has 0 radical (unpaired) electrons. The van der Waals surface area contributed by atoms with Gasteiger partial charge in [0.2, 0.25) is 0 Å². The van der Waals surface area contributed by atoms with Gasteiger partial charge in [-0.2, -0.15) is 0 Å². The van der Waals surface area contributed by atoms with Crippen molar-refractivity contribution >= 4 is 54.4 Å². The largest absolute Gasteiger partial charge is 0.309 e. The van der Waals surface area contributed by atoms with Crippen molar-refractivity contribution in [2.75, 3.05) is 0 Å². The molecular weight excluding hydrogens is 653 g/mol. The Bertz CT molecular complexity index is 3180. The second-order valence-corrected chi connectivity index (χ2v) is 14.2. The van der Waals surface area contributed by atoms with E-state index in [1.165, 1.54) is 87.8 Å². The van der Waals surface area contributed by atoms with Gasteiger partial charge in [0.15, 0.2) is 0 Å². The molecule has 0 aliphatic heterocycles. The summed E-state index contributed by atoms with van der Waals surface area (Å²) >= 11 is 0. The molecule has 0 spiro atoms. The fraction of sp³-hybridized carbons (Fsp3) is 0. The first-order valence-corrected chi connectivity index (χ1v) is 18.6. The van der Waals surface area contributed by atoms with Gasteiger partial charge in [-0.25, -0.2) is 0 Å². The number of para-hydroxylation sites is 2. The lowest BCUT2D eigenvalue weighted by atomic mass is 9.97. The highest BCUT2D eigenvalue weighted by Gasteiger charge is 2.18. The van der Waals surface area contributed by atoms with Gasteiger partial charge in [-0.1, -0.05) is 140 Å². The zero-order valence-corrected chi connectivity index (χ0v) is 29.5. The summed E-state index contributed by atoms with van der Waals surface area (Å²) in [6.07, 6.45) is 0. The van der Waals surface area contributed by atoms with Crippen LogP contribution in [0.4, 0.5) is 0 Å². The highest BCUT2D eigenvalue weighted by Crippen LogP contribution is 2.41. The summed E-state index contributed by atoms with van der Waals surface area (Å²) < 4.78 is 4.81. The molecule has 2 heterocycles. The number of aromatic nitrogens is 2. The molecule has 11 rings (SSSR count). The standard InChI is InChI=1S/C52H34N2/c1-3-13-37(14-4-1)44-19-11-21-51-52(44)47-34-41(27-31-50(47)54(51)42-16-5-2-6-17-42)40-26-30-49-46(33-40)45-18-9-10-20-48(45)53(49)43-28-24-36(25-29-43)39-23-22-35-12-7-8-15-38(35)32-39/h1-34H. The molecule has 54 heavy (non-hydrogen) atoms. The van der Waals surface area contributed by atoms with Crippen LogP contribution in [0.3, 0.4) is 0 Å². The van der Waals surface area contributed by atoms with E-state index in [9.17, 15) is 0 Å². The molecule has 2 aromatic heterocycles. The van der Waals surface area contributed by atoms with E-state index in [1.807, 2.05) is 0 Å². The molecule has 0 aliphatic carbocycles. The van der Waals surface area contributed by atoms with Gasteiger partial charge in [-0.3, -0.25) is 0 Å². The fourth-order valence-electron chi connectivity index (χ4n) is 8.57. The van der Waals surface area contributed by atoms with Crippen molar-refractivity contribution in [3.05, 3.63) is 206 Å². The van der Waals surface area contributed by atoms with E-state index in [0.29, 0.717) is 0 Å². The van der Waals surface area contributed by atoms with Crippen LogP contribution >= 0.6 is 0 Å². The third-order valence-electron chi connectivity index (χ3n) is 11.1. The Hall–Kier alpha value is -7.16. The van der Waals surface area contributed by atoms with Crippen LogP contribution in [-0.4, -0.2) is 9.13 Å². The quantitative estimate of drug-likeness (QED) is 0.171. The summed E-state index contributed by atoms with van der Waals surface area (Å²) in [4.78, 5) is 0. The monoisotopic (exact) mass is 686 g/mol. The maximum Gasteiger partial charge on any atom is 0.0547 e. The van der Waals surface area contributed by atoms with Crippen LogP contribution in [0.5, 0.6) is 0 Å². The van der Waals surface area contributed by atoms with Gasteiger partial charge >= 0.3 is 0 Å². The van der Waals surface area contributed by atoms with Gasteiger partial charge in [0.1, 0.15) is 0 Å². The van der Waals surface area contributed by atoms with Gasteiger partial charge in [0.25, 0.3) is 0 Å². The number of fused-ring (bicyclic) bond motifs is 7. The molecule has 0 amide bonds. The molecular formula is C52H34N2. The second kappa shape index (κ2) is 12.2. The zero-order valence-electron chi connectivity index (χ0n) is 29.5. The number of rotatable bonds is 5. The second-order valence-electron chi connectivity index (χ2n) is 14.2. The van der Waals surface area contributed by atoms with E-state index in [2.05, 4.69) is 215 Å². The molecule has 0 aliphatic rings. The topological polar surface area (TPSA) is 9.86 Å². The Morgan fingerprint density at radius 1 is 0.259 bits per heavy atom. The van der Waals surface area contributed by atoms with E-state index in [4.69, 9.17) is 0 Å². The average Bonchev–Trinajstić information content (AvgIpc) is 3.76. The molecule has 2 nitrogen and oxygen atoms in total. The molecule has 9 aromatic carbocycles. The maximum atomic E-state index is 2.41. The number of benzene rings is 9. The minimum absolute atomic E-state index is 1.15. The Labute approximate surface area is 313 Å². The SMILES string of the molecule is c1ccc(-c2cccc3c2c2cc(-c4ccc5c(c4)c4ccccc4n5-c4ccc(-c5ccc6ccccc6c5)cc4)ccc2n3-c2ccccc2)cc1. The summed E-state index contributed by atoms with van der Waals surface area (Å²) in [7, 11) is 0. The molecule has 0 bridgehead atoms. The first kappa shape index (κ1) is 30.5. The summed E-state index contributed by atoms with van der Waals surface area (Å²) in [5.41, 5.74) is 14.5. The lowest BCUT2D eigenvalue weighted by Gasteiger charge is -2.11. The molecule has 2 heteroatoms. The summed E-state index contributed by atoms with van der Waals surface area (Å²) in [5.74, 6) is 0. The van der Waals surface area contributed by atoms with E-state index >= 15 is 0 Å². The van der Waals surface area contributed by atoms with Gasteiger partial charge < -0.3 is 9.13 Å². The third kappa shape index (κ3) is 4.81. The first-order valence-electron chi connectivity index (χ1n) is 18.6. The lowest BCUT2D eigenvalue weighted by Crippen LogP contribution is -1.94. The molecule has 0 N–H and O–H groups in total. The molecule has 0 atom stereocenters. The summed E-state index contributed by atoms with van der Waals surface area (Å²) in [6, 6.07) is 75.2. The van der Waals surface area contributed by atoms with E-state index < -0.39 is 0 Å². The smallest absolute Gasteiger partial charge is 0.0547 e. The number of hydrogen-bond donors (Lipinski definition) is 0. The van der Waals surface area contributed by atoms with Gasteiger partial charge in [-0.15, -0.1) is 0 Å². The van der Waals surface area contributed by atoms with Crippen molar-refractivity contribution in [1.29, 1.82) is 0 Å². The molecule has 0 fully saturated rings. The fourth-order valence-corrected chi connectivity index (χ4v) is 8.57. The summed E-state index contributed by atoms with van der Waals surface area (Å²) in [6.45, 7) is 0. The van der Waals surface area contributed by atoms with Gasteiger partial charge in [0, 0.05) is 32.9 Å². The minimum Gasteiger partial charge on any atom is -0.309 e. The van der Waals surface area contributed by atoms with Crippen molar-refractivity contribution in [2.24, 2.45) is 0 Å². The van der Waals surface area contributed by atoms with E-state index in [1.54, 1.807) is 0 Å². The van der Waals surface area contributed by atoms with Crippen molar-refractivity contribution in [3.8, 4) is 44.8 Å². The van der Waals surface area contributed by atoms with Crippen molar-refractivity contribution in [1.82, 2.24) is 9.13 Å². The van der Waals surface area contributed by atoms with Gasteiger partial charge in [-0.05, 0) is 111 Å².